The molecule has 1 aromatic heterocycles. The molecular weight excluding hydrogens is 328 g/mol. The number of carboxylic acids is 1. The molecule has 1 amide bonds. The molecule has 0 radical (unpaired) electrons. The number of carbonyl (C=O) groups excluding carboxylic acids is 1. The molecule has 0 spiro atoms. The lowest BCUT2D eigenvalue weighted by Gasteiger charge is -2.17. The molecule has 0 unspecified atom stereocenters. The maximum atomic E-state index is 12.5. The van der Waals surface area contributed by atoms with E-state index in [1.165, 1.54) is 16.2 Å². The van der Waals surface area contributed by atoms with Gasteiger partial charge in [0.05, 0.1) is 12.3 Å². The minimum absolute atomic E-state index is 0.299. The second-order valence-corrected chi connectivity index (χ2v) is 6.10. The summed E-state index contributed by atoms with van der Waals surface area (Å²) in [5, 5.41) is 9.64. The van der Waals surface area contributed by atoms with Crippen LogP contribution in [0, 0.1) is 6.92 Å². The normalized spacial score (nSPS) is 10.5. The van der Waals surface area contributed by atoms with Crippen LogP contribution < -0.4 is 4.74 Å². The van der Waals surface area contributed by atoms with E-state index in [0.29, 0.717) is 23.7 Å². The number of thiazole rings is 1. The first-order valence-electron chi connectivity index (χ1n) is 7.68. The third-order valence-electron chi connectivity index (χ3n) is 3.40. The molecular formula is C17H20N2O4S. The van der Waals surface area contributed by atoms with Gasteiger partial charge in [0.15, 0.2) is 0 Å². The van der Waals surface area contributed by atoms with Crippen molar-refractivity contribution < 1.29 is 19.4 Å². The average molecular weight is 348 g/mol. The fourth-order valence-electron chi connectivity index (χ4n) is 2.21. The molecule has 0 fully saturated rings. The molecule has 0 aliphatic carbocycles. The first-order chi connectivity index (χ1) is 11.5. The second kappa shape index (κ2) is 7.92. The van der Waals surface area contributed by atoms with Crippen LogP contribution in [0.3, 0.4) is 0 Å². The highest BCUT2D eigenvalue weighted by atomic mass is 32.1. The number of ether oxygens (including phenoxy) is 1. The Morgan fingerprint density at radius 3 is 2.46 bits per heavy atom. The summed E-state index contributed by atoms with van der Waals surface area (Å²) in [4.78, 5) is 29.6. The fourth-order valence-corrected chi connectivity index (χ4v) is 3.25. The molecule has 1 aromatic carbocycles. The van der Waals surface area contributed by atoms with Crippen LogP contribution in [0.5, 0.6) is 5.75 Å². The number of likely N-dealkylation sites (N-methyl/N-ethyl adjacent to an activating group) is 1. The van der Waals surface area contributed by atoms with Crippen molar-refractivity contribution in [3.05, 3.63) is 34.8 Å². The number of nitrogens with zero attached hydrogens (tertiary/aromatic N) is 2. The number of aromatic nitrogens is 1. The van der Waals surface area contributed by atoms with E-state index >= 15 is 0 Å². The minimum Gasteiger partial charge on any atom is -0.494 e. The molecule has 0 aliphatic rings. The van der Waals surface area contributed by atoms with E-state index in [1.54, 1.807) is 13.8 Å². The van der Waals surface area contributed by atoms with Gasteiger partial charge in [-0.3, -0.25) is 9.59 Å². The summed E-state index contributed by atoms with van der Waals surface area (Å²) in [6.07, 6.45) is 0. The monoisotopic (exact) mass is 348 g/mol. The summed E-state index contributed by atoms with van der Waals surface area (Å²) in [5.41, 5.74) is 1.50. The van der Waals surface area contributed by atoms with Crippen molar-refractivity contribution in [1.29, 1.82) is 0 Å². The molecule has 2 rings (SSSR count). The highest BCUT2D eigenvalue weighted by Gasteiger charge is 2.22. The van der Waals surface area contributed by atoms with Gasteiger partial charge >= 0.3 is 5.97 Å². The smallest absolute Gasteiger partial charge is 0.323 e. The van der Waals surface area contributed by atoms with E-state index in [-0.39, 0.29) is 12.5 Å². The lowest BCUT2D eigenvalue weighted by atomic mass is 10.2. The maximum absolute atomic E-state index is 12.5. The van der Waals surface area contributed by atoms with E-state index in [0.717, 1.165) is 16.3 Å². The summed E-state index contributed by atoms with van der Waals surface area (Å²) in [6.45, 7) is 6.06. The Morgan fingerprint density at radius 1 is 1.25 bits per heavy atom. The van der Waals surface area contributed by atoms with Crippen molar-refractivity contribution in [3.8, 4) is 16.3 Å². The highest BCUT2D eigenvalue weighted by Crippen LogP contribution is 2.30. The fraction of sp³-hybridized carbons (Fsp3) is 0.353. The Bertz CT molecular complexity index is 725. The number of hydrogen-bond donors (Lipinski definition) is 1. The van der Waals surface area contributed by atoms with Gasteiger partial charge in [-0.05, 0) is 45.0 Å². The Labute approximate surface area is 144 Å². The van der Waals surface area contributed by atoms with Gasteiger partial charge in [0.1, 0.15) is 22.2 Å². The Kier molecular flexibility index (Phi) is 5.92. The van der Waals surface area contributed by atoms with Gasteiger partial charge in [0, 0.05) is 12.1 Å². The lowest BCUT2D eigenvalue weighted by Crippen LogP contribution is -2.35. The number of carboxylic acid groups (broad SMARTS) is 1. The zero-order chi connectivity index (χ0) is 17.7. The number of benzene rings is 1. The van der Waals surface area contributed by atoms with Crippen LogP contribution >= 0.6 is 11.3 Å². The molecule has 7 heteroatoms. The van der Waals surface area contributed by atoms with Crippen molar-refractivity contribution in [1.82, 2.24) is 9.88 Å². The Balaban J connectivity index is 2.25. The van der Waals surface area contributed by atoms with Crippen LogP contribution in [0.15, 0.2) is 24.3 Å². The topological polar surface area (TPSA) is 79.7 Å². The number of hydrogen-bond acceptors (Lipinski definition) is 5. The Morgan fingerprint density at radius 2 is 1.92 bits per heavy atom. The average Bonchev–Trinajstić information content (AvgIpc) is 2.94. The van der Waals surface area contributed by atoms with Gasteiger partial charge in [-0.1, -0.05) is 0 Å². The third-order valence-corrected chi connectivity index (χ3v) is 4.59. The van der Waals surface area contributed by atoms with E-state index in [1.807, 2.05) is 31.2 Å². The van der Waals surface area contributed by atoms with Gasteiger partial charge in [0.2, 0.25) is 0 Å². The van der Waals surface area contributed by atoms with E-state index in [9.17, 15) is 9.59 Å². The van der Waals surface area contributed by atoms with Crippen LogP contribution in [0.25, 0.3) is 10.6 Å². The van der Waals surface area contributed by atoms with Gasteiger partial charge in [0.25, 0.3) is 5.91 Å². The standard InChI is InChI=1S/C17H20N2O4S/c1-4-19(10-14(20)21)17(22)15-11(3)18-16(24-15)12-6-8-13(9-7-12)23-5-2/h6-9H,4-5,10H2,1-3H3,(H,20,21). The SMILES string of the molecule is CCOc1ccc(-c2nc(C)c(C(=O)N(CC)CC(=O)O)s2)cc1. The molecule has 0 bridgehead atoms. The summed E-state index contributed by atoms with van der Waals surface area (Å²) in [7, 11) is 0. The van der Waals surface area contributed by atoms with Crippen LogP contribution in [0.1, 0.15) is 29.2 Å². The molecule has 1 N–H and O–H groups in total. The lowest BCUT2D eigenvalue weighted by molar-refractivity contribution is -0.137. The van der Waals surface area contributed by atoms with E-state index in [2.05, 4.69) is 4.98 Å². The van der Waals surface area contributed by atoms with Crippen LogP contribution in [0.2, 0.25) is 0 Å². The first kappa shape index (κ1) is 17.9. The summed E-state index contributed by atoms with van der Waals surface area (Å²) < 4.78 is 5.41. The van der Waals surface area contributed by atoms with Crippen molar-refractivity contribution in [2.75, 3.05) is 19.7 Å². The molecule has 0 saturated heterocycles. The zero-order valence-electron chi connectivity index (χ0n) is 13.9. The summed E-state index contributed by atoms with van der Waals surface area (Å²) in [6, 6.07) is 7.51. The van der Waals surface area contributed by atoms with Gasteiger partial charge in [-0.25, -0.2) is 4.98 Å². The van der Waals surface area contributed by atoms with E-state index in [4.69, 9.17) is 9.84 Å². The molecule has 128 valence electrons. The minimum atomic E-state index is -1.03. The third kappa shape index (κ3) is 4.11. The number of aryl methyl sites for hydroxylation is 1. The summed E-state index contributed by atoms with van der Waals surface area (Å²) >= 11 is 1.27. The number of rotatable bonds is 7. The highest BCUT2D eigenvalue weighted by molar-refractivity contribution is 7.17. The van der Waals surface area contributed by atoms with Crippen molar-refractivity contribution >= 4 is 23.2 Å². The predicted molar refractivity (Wildman–Crippen MR) is 92.7 cm³/mol. The first-order valence-corrected chi connectivity index (χ1v) is 8.49. The molecule has 0 aliphatic heterocycles. The number of aliphatic carboxylic acids is 1. The van der Waals surface area contributed by atoms with E-state index < -0.39 is 5.97 Å². The zero-order valence-corrected chi connectivity index (χ0v) is 14.7. The largest absolute Gasteiger partial charge is 0.494 e. The van der Waals surface area contributed by atoms with Crippen molar-refractivity contribution in [2.45, 2.75) is 20.8 Å². The molecule has 24 heavy (non-hydrogen) atoms. The van der Waals surface area contributed by atoms with Gasteiger partial charge in [-0.15, -0.1) is 11.3 Å². The predicted octanol–water partition coefficient (Wildman–Crippen LogP) is 3.06. The molecule has 0 saturated carbocycles. The second-order valence-electron chi connectivity index (χ2n) is 5.10. The van der Waals surface area contributed by atoms with Crippen LogP contribution in [-0.2, 0) is 4.79 Å². The molecule has 2 aromatic rings. The molecule has 6 nitrogen and oxygen atoms in total. The van der Waals surface area contributed by atoms with Gasteiger partial charge in [-0.2, -0.15) is 0 Å². The van der Waals surface area contributed by atoms with Crippen LogP contribution in [0.4, 0.5) is 0 Å². The summed E-state index contributed by atoms with van der Waals surface area (Å²) in [5.74, 6) is -0.546. The quantitative estimate of drug-likeness (QED) is 0.832. The van der Waals surface area contributed by atoms with Crippen molar-refractivity contribution in [2.24, 2.45) is 0 Å². The Hall–Kier alpha value is -2.41. The number of carbonyl (C=O) groups is 2. The molecule has 0 atom stereocenters. The maximum Gasteiger partial charge on any atom is 0.323 e. The molecule has 1 heterocycles. The van der Waals surface area contributed by atoms with Crippen molar-refractivity contribution in [3.63, 3.8) is 0 Å². The van der Waals surface area contributed by atoms with Gasteiger partial charge < -0.3 is 14.7 Å². The number of amides is 1. The van der Waals surface area contributed by atoms with Crippen LogP contribution in [-0.4, -0.2) is 46.6 Å².